The molecule has 0 saturated carbocycles. The summed E-state index contributed by atoms with van der Waals surface area (Å²) in [5.41, 5.74) is 1.28. The highest BCUT2D eigenvalue weighted by molar-refractivity contribution is 7.90. The fourth-order valence-electron chi connectivity index (χ4n) is 1.32. The molecule has 0 aliphatic carbocycles. The van der Waals surface area contributed by atoms with Crippen molar-refractivity contribution >= 4 is 15.5 Å². The first kappa shape index (κ1) is 13.0. The van der Waals surface area contributed by atoms with E-state index >= 15 is 0 Å². The maximum Gasteiger partial charge on any atom is 0.147 e. The molecule has 1 N–H and O–H groups in total. The molecular formula is C11H16FNO2S. The third-order valence-electron chi connectivity index (χ3n) is 2.13. The molecule has 16 heavy (non-hydrogen) atoms. The third-order valence-corrected chi connectivity index (χ3v) is 3.16. The highest BCUT2D eigenvalue weighted by atomic mass is 32.2. The van der Waals surface area contributed by atoms with Crippen molar-refractivity contribution in [1.29, 1.82) is 0 Å². The van der Waals surface area contributed by atoms with E-state index in [4.69, 9.17) is 0 Å². The zero-order chi connectivity index (χ0) is 12.2. The second kappa shape index (κ2) is 5.30. The summed E-state index contributed by atoms with van der Waals surface area (Å²) < 4.78 is 35.0. The topological polar surface area (TPSA) is 46.2 Å². The van der Waals surface area contributed by atoms with E-state index < -0.39 is 9.84 Å². The quantitative estimate of drug-likeness (QED) is 0.807. The molecule has 0 atom stereocenters. The van der Waals surface area contributed by atoms with Crippen LogP contribution in [0.3, 0.4) is 0 Å². The fraction of sp³-hybridized carbons (Fsp3) is 0.455. The smallest absolute Gasteiger partial charge is 0.147 e. The van der Waals surface area contributed by atoms with Gasteiger partial charge in [-0.05, 0) is 31.0 Å². The Kier molecular flexibility index (Phi) is 4.29. The van der Waals surface area contributed by atoms with Gasteiger partial charge in [0.05, 0.1) is 11.4 Å². The summed E-state index contributed by atoms with van der Waals surface area (Å²) in [5.74, 6) is -0.188. The zero-order valence-electron chi connectivity index (χ0n) is 9.46. The van der Waals surface area contributed by atoms with E-state index in [0.29, 0.717) is 18.7 Å². The second-order valence-corrected chi connectivity index (χ2v) is 6.15. The Bertz CT molecular complexity index is 457. The number of rotatable bonds is 5. The Labute approximate surface area is 95.6 Å². The van der Waals surface area contributed by atoms with Gasteiger partial charge in [-0.2, -0.15) is 0 Å². The molecule has 1 aromatic carbocycles. The first-order valence-electron chi connectivity index (χ1n) is 5.06. The summed E-state index contributed by atoms with van der Waals surface area (Å²) in [6.07, 6.45) is 1.67. The minimum atomic E-state index is -2.93. The van der Waals surface area contributed by atoms with E-state index in [1.807, 2.05) is 13.0 Å². The predicted molar refractivity (Wildman–Crippen MR) is 64.0 cm³/mol. The van der Waals surface area contributed by atoms with Gasteiger partial charge in [0.25, 0.3) is 0 Å². The van der Waals surface area contributed by atoms with Crippen molar-refractivity contribution in [2.75, 3.05) is 23.9 Å². The summed E-state index contributed by atoms with van der Waals surface area (Å²) in [5, 5.41) is 2.87. The van der Waals surface area contributed by atoms with Crippen LogP contribution in [-0.4, -0.2) is 27.0 Å². The van der Waals surface area contributed by atoms with Gasteiger partial charge >= 0.3 is 0 Å². The molecule has 1 rings (SSSR count). The molecule has 0 aliphatic heterocycles. The van der Waals surface area contributed by atoms with Crippen LogP contribution in [0, 0.1) is 12.7 Å². The highest BCUT2D eigenvalue weighted by Crippen LogP contribution is 2.14. The number of nitrogens with one attached hydrogen (secondary N) is 1. The molecule has 0 aliphatic rings. The Morgan fingerprint density at radius 2 is 2.06 bits per heavy atom. The number of hydrogen-bond acceptors (Lipinski definition) is 3. The molecule has 0 heterocycles. The lowest BCUT2D eigenvalue weighted by molar-refractivity contribution is 0.599. The lowest BCUT2D eigenvalue weighted by atomic mass is 10.2. The number of sulfone groups is 1. The van der Waals surface area contributed by atoms with Crippen LogP contribution in [-0.2, 0) is 9.84 Å². The molecule has 0 bridgehead atoms. The summed E-state index contributed by atoms with van der Waals surface area (Å²) >= 11 is 0. The van der Waals surface area contributed by atoms with E-state index in [2.05, 4.69) is 5.32 Å². The van der Waals surface area contributed by atoms with Gasteiger partial charge in [0.15, 0.2) is 0 Å². The van der Waals surface area contributed by atoms with Crippen molar-refractivity contribution in [1.82, 2.24) is 0 Å². The van der Waals surface area contributed by atoms with E-state index in [1.54, 1.807) is 6.07 Å². The first-order valence-corrected chi connectivity index (χ1v) is 7.12. The molecule has 90 valence electrons. The van der Waals surface area contributed by atoms with Gasteiger partial charge in [0.1, 0.15) is 15.7 Å². The standard InChI is InChI=1S/C11H16FNO2S/c1-9-4-5-11(10(12)8-9)13-6-3-7-16(2,14)15/h4-5,8,13H,3,6-7H2,1-2H3. The van der Waals surface area contributed by atoms with E-state index in [0.717, 1.165) is 5.56 Å². The Morgan fingerprint density at radius 1 is 1.38 bits per heavy atom. The van der Waals surface area contributed by atoms with Crippen molar-refractivity contribution in [3.05, 3.63) is 29.6 Å². The van der Waals surface area contributed by atoms with Crippen LogP contribution >= 0.6 is 0 Å². The lowest BCUT2D eigenvalue weighted by Crippen LogP contribution is -2.10. The maximum atomic E-state index is 13.3. The van der Waals surface area contributed by atoms with Crippen molar-refractivity contribution < 1.29 is 12.8 Å². The van der Waals surface area contributed by atoms with Gasteiger partial charge in [0.2, 0.25) is 0 Å². The summed E-state index contributed by atoms with van der Waals surface area (Å²) in [6, 6.07) is 4.91. The summed E-state index contributed by atoms with van der Waals surface area (Å²) in [6.45, 7) is 2.27. The summed E-state index contributed by atoms with van der Waals surface area (Å²) in [4.78, 5) is 0. The normalized spacial score (nSPS) is 11.4. The zero-order valence-corrected chi connectivity index (χ0v) is 10.3. The minimum Gasteiger partial charge on any atom is -0.383 e. The lowest BCUT2D eigenvalue weighted by Gasteiger charge is -2.07. The highest BCUT2D eigenvalue weighted by Gasteiger charge is 2.03. The number of benzene rings is 1. The molecule has 0 radical (unpaired) electrons. The molecule has 1 aromatic rings. The van der Waals surface area contributed by atoms with Crippen LogP contribution in [0.25, 0.3) is 0 Å². The van der Waals surface area contributed by atoms with E-state index in [-0.39, 0.29) is 11.6 Å². The number of hydrogen-bond donors (Lipinski definition) is 1. The molecule has 0 amide bonds. The van der Waals surface area contributed by atoms with E-state index in [9.17, 15) is 12.8 Å². The van der Waals surface area contributed by atoms with Crippen LogP contribution in [0.15, 0.2) is 18.2 Å². The largest absolute Gasteiger partial charge is 0.383 e. The average molecular weight is 245 g/mol. The average Bonchev–Trinajstić information content (AvgIpc) is 2.13. The Balaban J connectivity index is 2.43. The number of anilines is 1. The molecule has 3 nitrogen and oxygen atoms in total. The van der Waals surface area contributed by atoms with Gasteiger partial charge in [-0.3, -0.25) is 0 Å². The predicted octanol–water partition coefficient (Wildman–Crippen LogP) is 1.98. The van der Waals surface area contributed by atoms with Gasteiger partial charge in [-0.25, -0.2) is 12.8 Å². The number of aryl methyl sites for hydroxylation is 1. The van der Waals surface area contributed by atoms with Crippen molar-refractivity contribution in [3.8, 4) is 0 Å². The molecule has 0 fully saturated rings. The Morgan fingerprint density at radius 3 is 2.62 bits per heavy atom. The van der Waals surface area contributed by atoms with Gasteiger partial charge < -0.3 is 5.32 Å². The van der Waals surface area contributed by atoms with Gasteiger partial charge in [0, 0.05) is 12.8 Å². The monoisotopic (exact) mass is 245 g/mol. The van der Waals surface area contributed by atoms with Crippen LogP contribution in [0.2, 0.25) is 0 Å². The van der Waals surface area contributed by atoms with Crippen molar-refractivity contribution in [2.45, 2.75) is 13.3 Å². The van der Waals surface area contributed by atoms with Crippen LogP contribution in [0.1, 0.15) is 12.0 Å². The summed E-state index contributed by atoms with van der Waals surface area (Å²) in [7, 11) is -2.93. The fourth-order valence-corrected chi connectivity index (χ4v) is 1.99. The van der Waals surface area contributed by atoms with Crippen LogP contribution in [0.4, 0.5) is 10.1 Å². The van der Waals surface area contributed by atoms with Crippen molar-refractivity contribution in [2.24, 2.45) is 0 Å². The Hall–Kier alpha value is -1.10. The third kappa shape index (κ3) is 4.61. The van der Waals surface area contributed by atoms with Crippen LogP contribution in [0.5, 0.6) is 0 Å². The second-order valence-electron chi connectivity index (χ2n) is 3.89. The first-order chi connectivity index (χ1) is 7.38. The van der Waals surface area contributed by atoms with Gasteiger partial charge in [-0.1, -0.05) is 6.07 Å². The minimum absolute atomic E-state index is 0.119. The number of halogens is 1. The molecule has 5 heteroatoms. The van der Waals surface area contributed by atoms with E-state index in [1.165, 1.54) is 12.3 Å². The molecule has 0 saturated heterocycles. The SMILES string of the molecule is Cc1ccc(NCCCS(C)(=O)=O)c(F)c1. The van der Waals surface area contributed by atoms with Gasteiger partial charge in [-0.15, -0.1) is 0 Å². The molecular weight excluding hydrogens is 229 g/mol. The van der Waals surface area contributed by atoms with Crippen LogP contribution < -0.4 is 5.32 Å². The maximum absolute atomic E-state index is 13.3. The molecule has 0 spiro atoms. The van der Waals surface area contributed by atoms with Crippen molar-refractivity contribution in [3.63, 3.8) is 0 Å². The molecule has 0 aromatic heterocycles. The molecule has 0 unspecified atom stereocenters.